The predicted octanol–water partition coefficient (Wildman–Crippen LogP) is 4.34. The average Bonchev–Trinajstić information content (AvgIpc) is 2.27. The Balaban J connectivity index is 0.000000312. The predicted molar refractivity (Wildman–Crippen MR) is 72.4 cm³/mol. The van der Waals surface area contributed by atoms with Crippen molar-refractivity contribution < 1.29 is 17.2 Å². The van der Waals surface area contributed by atoms with Crippen LogP contribution in [0.4, 0.5) is 8.78 Å². The molecule has 0 aromatic heterocycles. The van der Waals surface area contributed by atoms with E-state index in [9.17, 15) is 8.78 Å². The van der Waals surface area contributed by atoms with Gasteiger partial charge in [-0.3, -0.25) is 0 Å². The lowest BCUT2D eigenvalue weighted by atomic mass is 10.1. The molecule has 2 rings (SSSR count). The van der Waals surface area contributed by atoms with Crippen molar-refractivity contribution in [2.45, 2.75) is 0 Å². The fourth-order valence-electron chi connectivity index (χ4n) is 1.34. The monoisotopic (exact) mass is 324 g/mol. The van der Waals surface area contributed by atoms with Crippen molar-refractivity contribution in [3.63, 3.8) is 0 Å². The van der Waals surface area contributed by atoms with Crippen LogP contribution >= 0.6 is 21.4 Å². The van der Waals surface area contributed by atoms with E-state index < -0.39 is 8.26 Å². The molecule has 102 valence electrons. The van der Waals surface area contributed by atoms with Gasteiger partial charge in [0.25, 0.3) is 0 Å². The lowest BCUT2D eigenvalue weighted by Crippen LogP contribution is -1.81. The highest BCUT2D eigenvalue weighted by Gasteiger charge is 1.99. The minimum Gasteiger partial charge on any atom is -0.207 e. The molecule has 2 aromatic rings. The van der Waals surface area contributed by atoms with E-state index in [2.05, 4.69) is 21.4 Å². The Morgan fingerprint density at radius 1 is 0.789 bits per heavy atom. The van der Waals surface area contributed by atoms with Gasteiger partial charge in [0.2, 0.25) is 0 Å². The topological polar surface area (TPSA) is 34.1 Å². The molecule has 2 nitrogen and oxygen atoms in total. The van der Waals surface area contributed by atoms with E-state index in [-0.39, 0.29) is 11.6 Å². The van der Waals surface area contributed by atoms with Gasteiger partial charge >= 0.3 is 8.26 Å². The van der Waals surface area contributed by atoms with E-state index in [0.717, 1.165) is 0 Å². The average molecular weight is 325 g/mol. The van der Waals surface area contributed by atoms with Gasteiger partial charge in [0, 0.05) is 21.4 Å². The van der Waals surface area contributed by atoms with Crippen molar-refractivity contribution in [2.75, 3.05) is 0 Å². The third-order valence-electron chi connectivity index (χ3n) is 1.98. The van der Waals surface area contributed by atoms with Crippen LogP contribution < -0.4 is 0 Å². The Morgan fingerprint density at radius 3 is 1.37 bits per heavy atom. The van der Waals surface area contributed by atoms with Crippen LogP contribution in [0.3, 0.4) is 0 Å². The molecule has 0 bridgehead atoms. The molecule has 0 amide bonds. The van der Waals surface area contributed by atoms with Crippen LogP contribution in [0.15, 0.2) is 48.5 Å². The molecule has 0 unspecified atom stereocenters. The molecule has 0 N–H and O–H groups in total. The molecular formula is C12H8Cl2F2O2S. The molecule has 0 saturated carbocycles. The molecule has 0 fully saturated rings. The Labute approximate surface area is 118 Å². The summed E-state index contributed by atoms with van der Waals surface area (Å²) in [6.45, 7) is 0. The fourth-order valence-corrected chi connectivity index (χ4v) is 1.34. The maximum atomic E-state index is 12.9. The van der Waals surface area contributed by atoms with Crippen LogP contribution in [0.1, 0.15) is 0 Å². The van der Waals surface area contributed by atoms with Crippen LogP contribution in [0.2, 0.25) is 0 Å². The Hall–Kier alpha value is -1.17. The molecule has 0 atom stereocenters. The van der Waals surface area contributed by atoms with Gasteiger partial charge in [0.1, 0.15) is 11.6 Å². The highest BCUT2D eigenvalue weighted by molar-refractivity contribution is 8.31. The summed E-state index contributed by atoms with van der Waals surface area (Å²) in [6.07, 6.45) is 0. The van der Waals surface area contributed by atoms with E-state index in [0.29, 0.717) is 11.1 Å². The Morgan fingerprint density at radius 2 is 1.11 bits per heavy atom. The second kappa shape index (κ2) is 6.84. The SMILES string of the molecule is Fc1cccc(-c2cccc(F)c2)c1.O=S(=O)(Cl)Cl. The molecule has 0 aliphatic heterocycles. The van der Waals surface area contributed by atoms with Crippen molar-refractivity contribution in [1.29, 1.82) is 0 Å². The standard InChI is InChI=1S/C12H8F2.Cl2O2S/c13-11-5-1-3-9(7-11)10-4-2-6-12(14)8-10;1-5(2,3)4/h1-8H;. The quantitative estimate of drug-likeness (QED) is 0.731. The highest BCUT2D eigenvalue weighted by Crippen LogP contribution is 2.20. The lowest BCUT2D eigenvalue weighted by molar-refractivity contribution is 0.621. The third-order valence-corrected chi connectivity index (χ3v) is 1.98. The first kappa shape index (κ1) is 15.9. The van der Waals surface area contributed by atoms with Gasteiger partial charge in [0.05, 0.1) is 0 Å². The zero-order valence-electron chi connectivity index (χ0n) is 9.36. The van der Waals surface area contributed by atoms with Crippen molar-refractivity contribution in [1.82, 2.24) is 0 Å². The second-order valence-corrected chi connectivity index (χ2v) is 7.07. The molecule has 0 spiro atoms. The smallest absolute Gasteiger partial charge is 0.207 e. The van der Waals surface area contributed by atoms with E-state index in [4.69, 9.17) is 8.42 Å². The van der Waals surface area contributed by atoms with E-state index in [1.165, 1.54) is 24.3 Å². The summed E-state index contributed by atoms with van der Waals surface area (Å²) in [5.74, 6) is -0.626. The van der Waals surface area contributed by atoms with Gasteiger partial charge < -0.3 is 0 Å². The first-order chi connectivity index (χ1) is 8.75. The third kappa shape index (κ3) is 7.10. The minimum absolute atomic E-state index is 0.313. The summed E-state index contributed by atoms with van der Waals surface area (Å²) in [6, 6.07) is 12.2. The zero-order valence-corrected chi connectivity index (χ0v) is 11.7. The van der Waals surface area contributed by atoms with Crippen molar-refractivity contribution in [3.8, 4) is 11.1 Å². The lowest BCUT2D eigenvalue weighted by Gasteiger charge is -2.01. The summed E-state index contributed by atoms with van der Waals surface area (Å²) in [5, 5.41) is 0. The molecular weight excluding hydrogens is 317 g/mol. The molecule has 2 aromatic carbocycles. The Bertz CT molecular complexity index is 609. The van der Waals surface area contributed by atoms with E-state index >= 15 is 0 Å². The number of hydrogen-bond acceptors (Lipinski definition) is 2. The van der Waals surface area contributed by atoms with Crippen molar-refractivity contribution in [3.05, 3.63) is 60.2 Å². The normalized spacial score (nSPS) is 10.5. The van der Waals surface area contributed by atoms with Gasteiger partial charge in [-0.25, -0.2) is 8.78 Å². The first-order valence-corrected chi connectivity index (χ1v) is 8.05. The maximum Gasteiger partial charge on any atom is 0.317 e. The van der Waals surface area contributed by atoms with E-state index in [1.54, 1.807) is 24.3 Å². The van der Waals surface area contributed by atoms with Crippen molar-refractivity contribution >= 4 is 29.6 Å². The fraction of sp³-hybridized carbons (Fsp3) is 0. The summed E-state index contributed by atoms with van der Waals surface area (Å²) in [4.78, 5) is 0. The number of hydrogen-bond donors (Lipinski definition) is 0. The van der Waals surface area contributed by atoms with Crippen molar-refractivity contribution in [2.24, 2.45) is 0 Å². The first-order valence-electron chi connectivity index (χ1n) is 4.91. The van der Waals surface area contributed by atoms with Gasteiger partial charge in [-0.15, -0.1) is 0 Å². The molecule has 0 heterocycles. The second-order valence-electron chi connectivity index (χ2n) is 3.40. The summed E-state index contributed by atoms with van der Waals surface area (Å²) >= 11 is 0. The van der Waals surface area contributed by atoms with Gasteiger partial charge in [-0.2, -0.15) is 8.42 Å². The molecule has 7 heteroatoms. The van der Waals surface area contributed by atoms with Crippen LogP contribution in [0.5, 0.6) is 0 Å². The van der Waals surface area contributed by atoms with Gasteiger partial charge in [0.15, 0.2) is 0 Å². The van der Waals surface area contributed by atoms with E-state index in [1.807, 2.05) is 0 Å². The van der Waals surface area contributed by atoms with Crippen LogP contribution in [-0.4, -0.2) is 8.42 Å². The minimum atomic E-state index is -3.72. The molecule has 19 heavy (non-hydrogen) atoms. The molecule has 0 saturated heterocycles. The summed E-state index contributed by atoms with van der Waals surface area (Å²) < 4.78 is 44.0. The highest BCUT2D eigenvalue weighted by atomic mass is 36.0. The largest absolute Gasteiger partial charge is 0.317 e. The zero-order chi connectivity index (χ0) is 14.5. The van der Waals surface area contributed by atoms with Crippen LogP contribution in [0, 0.1) is 11.6 Å². The number of rotatable bonds is 1. The Kier molecular flexibility index (Phi) is 5.72. The maximum absolute atomic E-state index is 12.9. The molecule has 0 radical (unpaired) electrons. The summed E-state index contributed by atoms with van der Waals surface area (Å²) in [5.41, 5.74) is 1.37. The van der Waals surface area contributed by atoms with Gasteiger partial charge in [-0.05, 0) is 35.4 Å². The van der Waals surface area contributed by atoms with Crippen LogP contribution in [-0.2, 0) is 8.26 Å². The van der Waals surface area contributed by atoms with Gasteiger partial charge in [-0.1, -0.05) is 24.3 Å². The van der Waals surface area contributed by atoms with Crippen LogP contribution in [0.25, 0.3) is 11.1 Å². The summed E-state index contributed by atoms with van der Waals surface area (Å²) in [7, 11) is 4.81. The molecule has 0 aliphatic rings. The number of benzene rings is 2. The molecule has 0 aliphatic carbocycles. The number of halogens is 4.